The lowest BCUT2D eigenvalue weighted by atomic mass is 10.2. The molecule has 1 atom stereocenters. The van der Waals surface area contributed by atoms with E-state index in [0.717, 1.165) is 16.6 Å². The van der Waals surface area contributed by atoms with Gasteiger partial charge in [0.05, 0.1) is 11.9 Å². The number of nitrogens with zero attached hydrogens (tertiary/aromatic N) is 1. The zero-order chi connectivity index (χ0) is 8.27. The molecule has 0 aliphatic carbocycles. The number of aromatic nitrogens is 2. The molecule has 0 spiro atoms. The second-order valence-corrected chi connectivity index (χ2v) is 3.24. The number of hydrogen-bond donors (Lipinski definition) is 1. The third-order valence-corrected chi connectivity index (χ3v) is 1.46. The number of nitrogens with one attached hydrogen (secondary N) is 1. The monoisotopic (exact) mass is 166 g/mol. The van der Waals surface area contributed by atoms with Crippen LogP contribution >= 0.6 is 9.24 Å². The summed E-state index contributed by atoms with van der Waals surface area (Å²) >= 11 is 0. The highest BCUT2D eigenvalue weighted by Crippen LogP contribution is 2.13. The summed E-state index contributed by atoms with van der Waals surface area (Å²) < 4.78 is 0. The van der Waals surface area contributed by atoms with Crippen LogP contribution in [0.25, 0.3) is 12.2 Å². The van der Waals surface area contributed by atoms with Crippen LogP contribution in [0.2, 0.25) is 0 Å². The molecular weight excluding hydrogens is 155 g/mol. The topological polar surface area (TPSA) is 28.7 Å². The smallest absolute Gasteiger partial charge is 0.0652 e. The summed E-state index contributed by atoms with van der Waals surface area (Å²) in [7, 11) is 2.62. The molecule has 1 heterocycles. The van der Waals surface area contributed by atoms with Gasteiger partial charge in [0.2, 0.25) is 0 Å². The van der Waals surface area contributed by atoms with Crippen LogP contribution in [0.15, 0.2) is 18.1 Å². The van der Waals surface area contributed by atoms with Crippen LogP contribution in [0.1, 0.15) is 18.2 Å². The number of rotatable bonds is 2. The Balaban J connectivity index is 3.03. The van der Waals surface area contributed by atoms with Gasteiger partial charge in [-0.1, -0.05) is 18.0 Å². The van der Waals surface area contributed by atoms with Crippen LogP contribution in [0.4, 0.5) is 0 Å². The number of H-pyrrole nitrogens is 1. The highest BCUT2D eigenvalue weighted by atomic mass is 31.0. The van der Waals surface area contributed by atoms with Crippen LogP contribution < -0.4 is 0 Å². The lowest BCUT2D eigenvalue weighted by Crippen LogP contribution is -1.75. The first-order valence-corrected chi connectivity index (χ1v) is 3.91. The van der Waals surface area contributed by atoms with E-state index in [-0.39, 0.29) is 0 Å². The summed E-state index contributed by atoms with van der Waals surface area (Å²) in [6.45, 7) is 5.69. The van der Waals surface area contributed by atoms with Gasteiger partial charge in [-0.2, -0.15) is 5.10 Å². The number of aromatic amines is 1. The molecule has 1 aromatic rings. The summed E-state index contributed by atoms with van der Waals surface area (Å²) in [4.78, 5) is 0. The summed E-state index contributed by atoms with van der Waals surface area (Å²) in [5, 5.41) is 7.94. The van der Waals surface area contributed by atoms with Gasteiger partial charge in [0.25, 0.3) is 0 Å². The van der Waals surface area contributed by atoms with Crippen LogP contribution in [0.3, 0.4) is 0 Å². The molecule has 0 amide bonds. The Hall–Kier alpha value is -0.880. The zero-order valence-electron chi connectivity index (χ0n) is 6.46. The lowest BCUT2D eigenvalue weighted by molar-refractivity contribution is 1.08. The maximum Gasteiger partial charge on any atom is 0.0652 e. The van der Waals surface area contributed by atoms with Crippen molar-refractivity contribution in [1.29, 1.82) is 0 Å². The first kappa shape index (κ1) is 8.22. The van der Waals surface area contributed by atoms with E-state index in [1.807, 2.05) is 13.0 Å². The molecule has 0 radical (unpaired) electrons. The average Bonchev–Trinajstić information content (AvgIpc) is 2.34. The quantitative estimate of drug-likeness (QED) is 0.671. The maximum atomic E-state index is 3.90. The lowest BCUT2D eigenvalue weighted by Gasteiger charge is -1.90. The molecule has 0 bridgehead atoms. The predicted molar refractivity (Wildman–Crippen MR) is 52.0 cm³/mol. The summed E-state index contributed by atoms with van der Waals surface area (Å²) in [6, 6.07) is 0. The van der Waals surface area contributed by atoms with Gasteiger partial charge >= 0.3 is 0 Å². The number of allylic oxidation sites excluding steroid dienone is 1. The third-order valence-electron chi connectivity index (χ3n) is 1.29. The fourth-order valence-electron chi connectivity index (χ4n) is 0.811. The summed E-state index contributed by atoms with van der Waals surface area (Å²) in [5.41, 5.74) is 2.04. The number of hydrogen-bond acceptors (Lipinski definition) is 1. The molecule has 1 N–H and O–H groups in total. The molecule has 0 aliphatic heterocycles. The first-order valence-electron chi connectivity index (χ1n) is 3.33. The van der Waals surface area contributed by atoms with E-state index in [4.69, 9.17) is 0 Å². The van der Waals surface area contributed by atoms with Gasteiger partial charge in [0.15, 0.2) is 0 Å². The molecule has 2 nitrogen and oxygen atoms in total. The normalized spacial score (nSPS) is 11.6. The first-order chi connectivity index (χ1) is 5.24. The van der Waals surface area contributed by atoms with Crippen LogP contribution in [0.5, 0.6) is 0 Å². The van der Waals surface area contributed by atoms with Gasteiger partial charge in [-0.3, -0.25) is 5.10 Å². The highest BCUT2D eigenvalue weighted by Gasteiger charge is 1.95. The van der Waals surface area contributed by atoms with E-state index >= 15 is 0 Å². The molecule has 3 heteroatoms. The minimum atomic E-state index is 1.01. The van der Waals surface area contributed by atoms with Gasteiger partial charge in [0, 0.05) is 5.56 Å². The molecule has 1 aromatic heterocycles. The Labute approximate surface area is 68.6 Å². The predicted octanol–water partition coefficient (Wildman–Crippen LogP) is 2.29. The van der Waals surface area contributed by atoms with Gasteiger partial charge < -0.3 is 0 Å². The summed E-state index contributed by atoms with van der Waals surface area (Å²) in [6.07, 6.45) is 5.55. The third kappa shape index (κ3) is 2.02. The van der Waals surface area contributed by atoms with E-state index < -0.39 is 0 Å². The van der Waals surface area contributed by atoms with E-state index in [2.05, 4.69) is 26.0 Å². The van der Waals surface area contributed by atoms with Crippen molar-refractivity contribution in [2.45, 2.75) is 6.92 Å². The van der Waals surface area contributed by atoms with Gasteiger partial charge in [-0.05, 0) is 13.0 Å². The zero-order valence-corrected chi connectivity index (χ0v) is 7.62. The highest BCUT2D eigenvalue weighted by molar-refractivity contribution is 7.22. The second-order valence-electron chi connectivity index (χ2n) is 2.33. The minimum absolute atomic E-state index is 1.01. The molecule has 0 fully saturated rings. The molecule has 1 unspecified atom stereocenters. The Morgan fingerprint density at radius 1 is 1.82 bits per heavy atom. The van der Waals surface area contributed by atoms with Gasteiger partial charge in [-0.15, -0.1) is 9.24 Å². The van der Waals surface area contributed by atoms with E-state index in [9.17, 15) is 0 Å². The van der Waals surface area contributed by atoms with Crippen LogP contribution in [-0.2, 0) is 0 Å². The van der Waals surface area contributed by atoms with Crippen LogP contribution in [-0.4, -0.2) is 10.2 Å². The minimum Gasteiger partial charge on any atom is -0.278 e. The van der Waals surface area contributed by atoms with Crippen molar-refractivity contribution in [2.75, 3.05) is 0 Å². The fraction of sp³-hybridized carbons (Fsp3) is 0.125. The molecule has 0 saturated carbocycles. The molecule has 0 aliphatic rings. The van der Waals surface area contributed by atoms with Crippen molar-refractivity contribution in [2.24, 2.45) is 0 Å². The Morgan fingerprint density at radius 3 is 3.09 bits per heavy atom. The fourth-order valence-corrected chi connectivity index (χ4v) is 0.978. The Kier molecular flexibility index (Phi) is 2.61. The molecule has 0 aromatic carbocycles. The molecule has 1 rings (SSSR count). The van der Waals surface area contributed by atoms with E-state index in [1.54, 1.807) is 12.3 Å². The molecule has 58 valence electrons. The van der Waals surface area contributed by atoms with Crippen molar-refractivity contribution in [3.05, 3.63) is 29.3 Å². The SMILES string of the molecule is C=Cc1cn[nH]c1/C=C(\C)P. The second kappa shape index (κ2) is 3.49. The average molecular weight is 166 g/mol. The largest absolute Gasteiger partial charge is 0.278 e. The maximum absolute atomic E-state index is 3.90. The molecule has 0 saturated heterocycles. The van der Waals surface area contributed by atoms with Crippen molar-refractivity contribution < 1.29 is 0 Å². The van der Waals surface area contributed by atoms with Gasteiger partial charge in [-0.25, -0.2) is 0 Å². The Morgan fingerprint density at radius 2 is 2.55 bits per heavy atom. The van der Waals surface area contributed by atoms with Crippen molar-refractivity contribution in [3.8, 4) is 0 Å². The van der Waals surface area contributed by atoms with Crippen molar-refractivity contribution >= 4 is 21.4 Å². The molecule has 11 heavy (non-hydrogen) atoms. The van der Waals surface area contributed by atoms with Gasteiger partial charge in [0.1, 0.15) is 0 Å². The standard InChI is InChI=1S/C8H11N2P/c1-3-7-5-9-10-8(7)4-6(2)11/h3-5H,1,11H2,2H3,(H,9,10)/b6-4+. The van der Waals surface area contributed by atoms with E-state index in [1.165, 1.54) is 0 Å². The summed E-state index contributed by atoms with van der Waals surface area (Å²) in [5.74, 6) is 0. The van der Waals surface area contributed by atoms with Crippen LogP contribution in [0, 0.1) is 0 Å². The van der Waals surface area contributed by atoms with E-state index in [0.29, 0.717) is 0 Å². The van der Waals surface area contributed by atoms with Crippen molar-refractivity contribution in [1.82, 2.24) is 10.2 Å². The Bertz CT molecular complexity index is 282. The van der Waals surface area contributed by atoms with Crippen molar-refractivity contribution in [3.63, 3.8) is 0 Å². The molecular formula is C8H11N2P.